The Kier molecular flexibility index (Phi) is 6.29. The van der Waals surface area contributed by atoms with Crippen molar-refractivity contribution in [1.82, 2.24) is 5.43 Å². The monoisotopic (exact) mass is 442 g/mol. The molecule has 0 saturated heterocycles. The van der Waals surface area contributed by atoms with Crippen LogP contribution < -0.4 is 14.9 Å². The van der Waals surface area contributed by atoms with Gasteiger partial charge in [0.1, 0.15) is 5.75 Å². The van der Waals surface area contributed by atoms with Crippen LogP contribution in [0.1, 0.15) is 11.1 Å². The number of hydrogen-bond acceptors (Lipinski definition) is 5. The van der Waals surface area contributed by atoms with Gasteiger partial charge in [-0.1, -0.05) is 6.07 Å². The third-order valence-electron chi connectivity index (χ3n) is 3.08. The van der Waals surface area contributed by atoms with Gasteiger partial charge in [0, 0.05) is 0 Å². The highest BCUT2D eigenvalue weighted by Crippen LogP contribution is 2.32. The van der Waals surface area contributed by atoms with Crippen LogP contribution in [0.25, 0.3) is 0 Å². The first-order chi connectivity index (χ1) is 11.0. The second-order valence-electron chi connectivity index (χ2n) is 4.62. The van der Waals surface area contributed by atoms with Crippen molar-refractivity contribution in [2.75, 3.05) is 14.2 Å². The highest BCUT2D eigenvalue weighted by Gasteiger charge is 2.05. The van der Waals surface area contributed by atoms with Crippen molar-refractivity contribution in [3.63, 3.8) is 0 Å². The second-order valence-corrected chi connectivity index (χ2v) is 6.32. The number of ether oxygens (including phenoxy) is 2. The first-order valence-corrected chi connectivity index (χ1v) is 8.28. The van der Waals surface area contributed by atoms with Crippen molar-refractivity contribution < 1.29 is 14.6 Å². The molecule has 0 fully saturated rings. The van der Waals surface area contributed by atoms with E-state index >= 15 is 0 Å². The number of hydrazone groups is 1. The summed E-state index contributed by atoms with van der Waals surface area (Å²) in [5, 5.41) is 13.8. The third-order valence-corrected chi connectivity index (χ3v) is 4.28. The van der Waals surface area contributed by atoms with Gasteiger partial charge < -0.3 is 20.0 Å². The molecule has 2 N–H and O–H groups in total. The summed E-state index contributed by atoms with van der Waals surface area (Å²) in [5.74, 6) is 1.54. The lowest BCUT2D eigenvalue weighted by Gasteiger charge is -2.09. The zero-order chi connectivity index (χ0) is 16.8. The summed E-state index contributed by atoms with van der Waals surface area (Å²) in [6.45, 7) is 0.553. The molecule has 7 heteroatoms. The molecule has 0 aromatic heterocycles. The molecule has 0 saturated carbocycles. The Morgan fingerprint density at radius 3 is 2.35 bits per heavy atom. The number of aromatic hydroxyl groups is 1. The van der Waals surface area contributed by atoms with E-state index in [1.54, 1.807) is 32.6 Å². The molecule has 23 heavy (non-hydrogen) atoms. The number of nitrogens with zero attached hydrogens (tertiary/aromatic N) is 1. The van der Waals surface area contributed by atoms with E-state index in [9.17, 15) is 5.11 Å². The van der Waals surface area contributed by atoms with Crippen molar-refractivity contribution in [2.24, 2.45) is 5.10 Å². The minimum absolute atomic E-state index is 0.167. The Bertz CT molecular complexity index is 697. The number of halogens is 2. The molecule has 0 unspecified atom stereocenters. The molecule has 122 valence electrons. The van der Waals surface area contributed by atoms with Gasteiger partial charge in [0.25, 0.3) is 0 Å². The van der Waals surface area contributed by atoms with Gasteiger partial charge in [0.15, 0.2) is 11.5 Å². The summed E-state index contributed by atoms with van der Waals surface area (Å²) in [7, 11) is 3.21. The lowest BCUT2D eigenvalue weighted by molar-refractivity contribution is 0.354. The molecule has 0 aliphatic rings. The number of hydrogen-bond donors (Lipinski definition) is 2. The zero-order valence-electron chi connectivity index (χ0n) is 12.6. The van der Waals surface area contributed by atoms with Gasteiger partial charge >= 0.3 is 0 Å². The molecule has 2 aromatic carbocycles. The third kappa shape index (κ3) is 4.62. The van der Waals surface area contributed by atoms with E-state index in [-0.39, 0.29) is 5.75 Å². The zero-order valence-corrected chi connectivity index (χ0v) is 15.8. The van der Waals surface area contributed by atoms with Crippen molar-refractivity contribution >= 4 is 38.1 Å². The van der Waals surface area contributed by atoms with E-state index < -0.39 is 0 Å². The number of rotatable bonds is 6. The topological polar surface area (TPSA) is 63.1 Å². The van der Waals surface area contributed by atoms with Gasteiger partial charge in [-0.15, -0.1) is 0 Å². The van der Waals surface area contributed by atoms with E-state index in [0.717, 1.165) is 11.1 Å². The van der Waals surface area contributed by atoms with Gasteiger partial charge in [0.05, 0.1) is 35.9 Å². The summed E-state index contributed by atoms with van der Waals surface area (Å²) < 4.78 is 11.7. The van der Waals surface area contributed by atoms with Crippen molar-refractivity contribution in [1.29, 1.82) is 0 Å². The molecule has 0 atom stereocenters. The SMILES string of the molecule is COc1ccc(CN/N=C/c2cc(Br)c(O)c(Br)c2)cc1OC. The quantitative estimate of drug-likeness (QED) is 0.522. The van der Waals surface area contributed by atoms with Crippen LogP contribution in [0.4, 0.5) is 0 Å². The molecule has 0 aliphatic heterocycles. The lowest BCUT2D eigenvalue weighted by Crippen LogP contribution is -2.06. The van der Waals surface area contributed by atoms with E-state index in [0.29, 0.717) is 27.0 Å². The molecule has 0 heterocycles. The largest absolute Gasteiger partial charge is 0.506 e. The van der Waals surface area contributed by atoms with E-state index in [1.165, 1.54) is 0 Å². The Balaban J connectivity index is 1.99. The van der Waals surface area contributed by atoms with Crippen molar-refractivity contribution in [3.8, 4) is 17.2 Å². The van der Waals surface area contributed by atoms with Crippen LogP contribution in [-0.2, 0) is 6.54 Å². The van der Waals surface area contributed by atoms with Gasteiger partial charge in [-0.3, -0.25) is 0 Å². The standard InChI is InChI=1S/C16H16Br2N2O3/c1-22-14-4-3-10(7-15(14)23-2)8-19-20-9-11-5-12(17)16(21)13(18)6-11/h3-7,9,19,21H,8H2,1-2H3/b20-9+. The maximum Gasteiger partial charge on any atom is 0.161 e. The molecule has 0 amide bonds. The van der Waals surface area contributed by atoms with Crippen LogP contribution in [0.15, 0.2) is 44.4 Å². The summed E-state index contributed by atoms with van der Waals surface area (Å²) >= 11 is 6.57. The van der Waals surface area contributed by atoms with Gasteiger partial charge in [-0.25, -0.2) is 0 Å². The minimum Gasteiger partial charge on any atom is -0.506 e. The number of benzene rings is 2. The lowest BCUT2D eigenvalue weighted by atomic mass is 10.2. The van der Waals surface area contributed by atoms with Crippen LogP contribution in [0.2, 0.25) is 0 Å². The summed E-state index contributed by atoms with van der Waals surface area (Å²) in [4.78, 5) is 0. The van der Waals surface area contributed by atoms with Crippen LogP contribution >= 0.6 is 31.9 Å². The molecular formula is C16H16Br2N2O3. The smallest absolute Gasteiger partial charge is 0.161 e. The maximum atomic E-state index is 9.67. The average molecular weight is 444 g/mol. The molecule has 5 nitrogen and oxygen atoms in total. The van der Waals surface area contributed by atoms with E-state index in [4.69, 9.17) is 9.47 Å². The number of methoxy groups -OCH3 is 2. The summed E-state index contributed by atoms with van der Waals surface area (Å²) in [6, 6.07) is 9.25. The Morgan fingerprint density at radius 2 is 1.74 bits per heavy atom. The summed E-state index contributed by atoms with van der Waals surface area (Å²) in [6.07, 6.45) is 1.68. The first kappa shape index (κ1) is 17.6. The van der Waals surface area contributed by atoms with Gasteiger partial charge in [-0.05, 0) is 67.3 Å². The molecule has 0 radical (unpaired) electrons. The number of nitrogens with one attached hydrogen (secondary N) is 1. The highest BCUT2D eigenvalue weighted by molar-refractivity contribution is 9.11. The van der Waals surface area contributed by atoms with Crippen molar-refractivity contribution in [2.45, 2.75) is 6.54 Å². The van der Waals surface area contributed by atoms with Crippen molar-refractivity contribution in [3.05, 3.63) is 50.4 Å². The predicted octanol–water partition coefficient (Wildman–Crippen LogP) is 4.06. The molecule has 0 spiro atoms. The molecule has 0 bridgehead atoms. The number of phenolic OH excluding ortho intramolecular Hbond substituents is 1. The molecule has 0 aliphatic carbocycles. The van der Waals surface area contributed by atoms with Crippen LogP contribution in [0.5, 0.6) is 17.2 Å². The second kappa shape index (κ2) is 8.21. The Hall–Kier alpha value is -1.73. The highest BCUT2D eigenvalue weighted by atomic mass is 79.9. The van der Waals surface area contributed by atoms with Crippen LogP contribution in [0.3, 0.4) is 0 Å². The molecular weight excluding hydrogens is 428 g/mol. The molecule has 2 rings (SSSR count). The maximum absolute atomic E-state index is 9.67. The fraction of sp³-hybridized carbons (Fsp3) is 0.188. The fourth-order valence-electron chi connectivity index (χ4n) is 1.91. The fourth-order valence-corrected chi connectivity index (χ4v) is 3.13. The molecule has 2 aromatic rings. The normalized spacial score (nSPS) is 10.8. The van der Waals surface area contributed by atoms with E-state index in [2.05, 4.69) is 42.4 Å². The Labute approximate surface area is 151 Å². The minimum atomic E-state index is 0.167. The van der Waals surface area contributed by atoms with Gasteiger partial charge in [0.2, 0.25) is 0 Å². The summed E-state index contributed by atoms with van der Waals surface area (Å²) in [5.41, 5.74) is 4.84. The van der Waals surface area contributed by atoms with E-state index in [1.807, 2.05) is 18.2 Å². The van der Waals surface area contributed by atoms with Gasteiger partial charge in [-0.2, -0.15) is 5.10 Å². The predicted molar refractivity (Wildman–Crippen MR) is 97.5 cm³/mol. The first-order valence-electron chi connectivity index (χ1n) is 6.70. The average Bonchev–Trinajstić information content (AvgIpc) is 2.56. The van der Waals surface area contributed by atoms with Crippen LogP contribution in [0, 0.1) is 0 Å². The number of phenols is 1. The van der Waals surface area contributed by atoms with Crippen LogP contribution in [-0.4, -0.2) is 25.5 Å². The Morgan fingerprint density at radius 1 is 1.09 bits per heavy atom.